The first kappa shape index (κ1) is 11.4. The van der Waals surface area contributed by atoms with Crippen molar-refractivity contribution in [3.8, 4) is 0 Å². The molecule has 0 bridgehead atoms. The molecule has 1 unspecified atom stereocenters. The van der Waals surface area contributed by atoms with E-state index in [9.17, 15) is 0 Å². The second-order valence-electron chi connectivity index (χ2n) is 3.28. The van der Waals surface area contributed by atoms with Gasteiger partial charge in [-0.25, -0.2) is 0 Å². The van der Waals surface area contributed by atoms with Crippen molar-refractivity contribution in [2.24, 2.45) is 10.9 Å². The van der Waals surface area contributed by atoms with Crippen LogP contribution in [0.2, 0.25) is 0 Å². The molecule has 12 heavy (non-hydrogen) atoms. The van der Waals surface area contributed by atoms with Crippen LogP contribution in [0.15, 0.2) is 17.6 Å². The van der Waals surface area contributed by atoms with Gasteiger partial charge in [0.2, 0.25) is 0 Å². The van der Waals surface area contributed by atoms with Gasteiger partial charge in [-0.3, -0.25) is 4.99 Å². The van der Waals surface area contributed by atoms with E-state index in [1.165, 1.54) is 12.8 Å². The molecule has 0 aromatic heterocycles. The molecule has 0 amide bonds. The summed E-state index contributed by atoms with van der Waals surface area (Å²) in [5.74, 6) is 0.737. The van der Waals surface area contributed by atoms with Crippen LogP contribution in [0.25, 0.3) is 0 Å². The molecule has 0 aliphatic carbocycles. The second-order valence-corrected chi connectivity index (χ2v) is 3.28. The Kier molecular flexibility index (Phi) is 8.09. The monoisotopic (exact) mass is 167 g/mol. The Morgan fingerprint density at radius 1 is 1.42 bits per heavy atom. The Balaban J connectivity index is 3.19. The van der Waals surface area contributed by atoms with Crippen molar-refractivity contribution in [1.29, 1.82) is 0 Å². The van der Waals surface area contributed by atoms with Crippen molar-refractivity contribution in [1.82, 2.24) is 0 Å². The Hall–Kier alpha value is -0.590. The zero-order chi connectivity index (χ0) is 9.23. The average Bonchev–Trinajstić information content (AvgIpc) is 2.10. The van der Waals surface area contributed by atoms with Crippen LogP contribution in [0.3, 0.4) is 0 Å². The summed E-state index contributed by atoms with van der Waals surface area (Å²) in [6.45, 7) is 9.11. The lowest BCUT2D eigenvalue weighted by atomic mass is 10.1. The Morgan fingerprint density at radius 3 is 2.75 bits per heavy atom. The smallest absolute Gasteiger partial charge is 0.0410 e. The molecule has 1 nitrogen and oxygen atoms in total. The van der Waals surface area contributed by atoms with Gasteiger partial charge in [0, 0.05) is 6.54 Å². The maximum Gasteiger partial charge on any atom is 0.0410 e. The first-order valence-corrected chi connectivity index (χ1v) is 4.90. The highest BCUT2D eigenvalue weighted by Gasteiger charge is 1.93. The number of hydrogen-bond acceptors (Lipinski definition) is 1. The highest BCUT2D eigenvalue weighted by molar-refractivity contribution is 5.56. The lowest BCUT2D eigenvalue weighted by Crippen LogP contribution is -1.96. The van der Waals surface area contributed by atoms with Crippen LogP contribution in [0.5, 0.6) is 0 Å². The standard InChI is InChI=1S/C11H21N/c1-4-6-7-8-9-12-10-11(3)5-2/h4,9,11H,1,5-8,10H2,2-3H3. The molecule has 0 rings (SSSR count). The SMILES string of the molecule is C=CCCCC=NCC(C)CC. The van der Waals surface area contributed by atoms with E-state index in [0.717, 1.165) is 25.3 Å². The van der Waals surface area contributed by atoms with Crippen LogP contribution in [-0.2, 0) is 0 Å². The topological polar surface area (TPSA) is 12.4 Å². The van der Waals surface area contributed by atoms with E-state index in [1.54, 1.807) is 0 Å². The van der Waals surface area contributed by atoms with Gasteiger partial charge >= 0.3 is 0 Å². The fraction of sp³-hybridized carbons (Fsp3) is 0.727. The first-order chi connectivity index (χ1) is 5.81. The molecule has 0 heterocycles. The van der Waals surface area contributed by atoms with Gasteiger partial charge in [-0.15, -0.1) is 6.58 Å². The molecule has 0 saturated heterocycles. The summed E-state index contributed by atoms with van der Waals surface area (Å²) in [6.07, 6.45) is 8.63. The molecule has 0 saturated carbocycles. The van der Waals surface area contributed by atoms with Gasteiger partial charge in [0.1, 0.15) is 0 Å². The fourth-order valence-electron chi connectivity index (χ4n) is 0.828. The average molecular weight is 167 g/mol. The molecule has 0 N–H and O–H groups in total. The summed E-state index contributed by atoms with van der Waals surface area (Å²) in [5.41, 5.74) is 0. The minimum absolute atomic E-state index is 0.737. The third-order valence-corrected chi connectivity index (χ3v) is 1.98. The zero-order valence-corrected chi connectivity index (χ0v) is 8.42. The number of rotatable bonds is 7. The van der Waals surface area contributed by atoms with Crippen LogP contribution in [0.4, 0.5) is 0 Å². The second kappa shape index (κ2) is 8.51. The van der Waals surface area contributed by atoms with Gasteiger partial charge in [-0.2, -0.15) is 0 Å². The highest BCUT2D eigenvalue weighted by Crippen LogP contribution is 2.00. The van der Waals surface area contributed by atoms with Gasteiger partial charge in [0.15, 0.2) is 0 Å². The van der Waals surface area contributed by atoms with E-state index in [0.29, 0.717) is 0 Å². The lowest BCUT2D eigenvalue weighted by molar-refractivity contribution is 0.577. The Bertz CT molecular complexity index is 127. The number of aliphatic imine (C=N–C) groups is 1. The molecule has 0 fully saturated rings. The Morgan fingerprint density at radius 2 is 2.17 bits per heavy atom. The molecule has 0 spiro atoms. The predicted molar refractivity (Wildman–Crippen MR) is 56.9 cm³/mol. The summed E-state index contributed by atoms with van der Waals surface area (Å²) in [7, 11) is 0. The highest BCUT2D eigenvalue weighted by atomic mass is 14.7. The van der Waals surface area contributed by atoms with Crippen molar-refractivity contribution >= 4 is 6.21 Å². The van der Waals surface area contributed by atoms with E-state index < -0.39 is 0 Å². The summed E-state index contributed by atoms with van der Waals surface area (Å²) >= 11 is 0. The molecule has 0 aliphatic rings. The van der Waals surface area contributed by atoms with Crippen molar-refractivity contribution in [3.05, 3.63) is 12.7 Å². The van der Waals surface area contributed by atoms with Crippen LogP contribution >= 0.6 is 0 Å². The van der Waals surface area contributed by atoms with Crippen molar-refractivity contribution < 1.29 is 0 Å². The van der Waals surface area contributed by atoms with Gasteiger partial charge < -0.3 is 0 Å². The van der Waals surface area contributed by atoms with Crippen LogP contribution < -0.4 is 0 Å². The van der Waals surface area contributed by atoms with E-state index in [2.05, 4.69) is 31.6 Å². The number of unbranched alkanes of at least 4 members (excludes halogenated alkanes) is 2. The number of allylic oxidation sites excluding steroid dienone is 1. The minimum Gasteiger partial charge on any atom is -0.297 e. The quantitative estimate of drug-likeness (QED) is 0.313. The van der Waals surface area contributed by atoms with E-state index in [4.69, 9.17) is 0 Å². The van der Waals surface area contributed by atoms with Gasteiger partial charge in [-0.1, -0.05) is 26.3 Å². The van der Waals surface area contributed by atoms with Crippen LogP contribution in [0.1, 0.15) is 39.5 Å². The molecule has 1 heteroatoms. The summed E-state index contributed by atoms with van der Waals surface area (Å²) in [5, 5.41) is 0. The first-order valence-electron chi connectivity index (χ1n) is 4.90. The normalized spacial score (nSPS) is 13.5. The third-order valence-electron chi connectivity index (χ3n) is 1.98. The fourth-order valence-corrected chi connectivity index (χ4v) is 0.828. The molecule has 1 atom stereocenters. The number of nitrogens with zero attached hydrogens (tertiary/aromatic N) is 1. The third kappa shape index (κ3) is 7.52. The maximum absolute atomic E-state index is 4.35. The predicted octanol–water partition coefficient (Wildman–Crippen LogP) is 3.46. The molecule has 0 aromatic carbocycles. The molecular formula is C11H21N. The summed E-state index contributed by atoms with van der Waals surface area (Å²) in [4.78, 5) is 4.35. The van der Waals surface area contributed by atoms with Gasteiger partial charge in [-0.05, 0) is 31.4 Å². The largest absolute Gasteiger partial charge is 0.297 e. The van der Waals surface area contributed by atoms with Gasteiger partial charge in [0.05, 0.1) is 0 Å². The van der Waals surface area contributed by atoms with Gasteiger partial charge in [0.25, 0.3) is 0 Å². The van der Waals surface area contributed by atoms with Crippen LogP contribution in [0, 0.1) is 5.92 Å². The zero-order valence-electron chi connectivity index (χ0n) is 8.42. The molecular weight excluding hydrogens is 146 g/mol. The summed E-state index contributed by atoms with van der Waals surface area (Å²) in [6, 6.07) is 0. The molecule has 0 radical (unpaired) electrons. The molecule has 0 aromatic rings. The molecule has 0 aliphatic heterocycles. The molecule has 70 valence electrons. The van der Waals surface area contributed by atoms with Crippen molar-refractivity contribution in [3.63, 3.8) is 0 Å². The van der Waals surface area contributed by atoms with E-state index in [-0.39, 0.29) is 0 Å². The minimum atomic E-state index is 0.737. The lowest BCUT2D eigenvalue weighted by Gasteiger charge is -2.01. The van der Waals surface area contributed by atoms with E-state index in [1.807, 2.05) is 6.08 Å². The van der Waals surface area contributed by atoms with Crippen molar-refractivity contribution in [2.75, 3.05) is 6.54 Å². The van der Waals surface area contributed by atoms with Crippen LogP contribution in [-0.4, -0.2) is 12.8 Å². The Labute approximate surface area is 76.6 Å². The summed E-state index contributed by atoms with van der Waals surface area (Å²) < 4.78 is 0. The maximum atomic E-state index is 4.35. The number of hydrogen-bond donors (Lipinski definition) is 0. The van der Waals surface area contributed by atoms with E-state index >= 15 is 0 Å². The van der Waals surface area contributed by atoms with Crippen molar-refractivity contribution in [2.45, 2.75) is 39.5 Å².